The van der Waals surface area contributed by atoms with Crippen LogP contribution in [-0.2, 0) is 0 Å². The van der Waals surface area contributed by atoms with Crippen LogP contribution >= 0.6 is 11.8 Å². The Hall–Kier alpha value is -0.870. The van der Waals surface area contributed by atoms with E-state index in [1.165, 1.54) is 12.3 Å². The summed E-state index contributed by atoms with van der Waals surface area (Å²) in [5.74, 6) is 1.72. The van der Waals surface area contributed by atoms with Crippen LogP contribution in [-0.4, -0.2) is 23.0 Å². The largest absolute Gasteiger partial charge is 0.308 e. The first-order valence-electron chi connectivity index (χ1n) is 5.27. The van der Waals surface area contributed by atoms with Gasteiger partial charge in [-0.05, 0) is 19.1 Å². The van der Waals surface area contributed by atoms with Gasteiger partial charge in [-0.25, -0.2) is 4.39 Å². The van der Waals surface area contributed by atoms with E-state index in [1.807, 2.05) is 24.8 Å². The highest BCUT2D eigenvalue weighted by molar-refractivity contribution is 7.99. The number of hydrogen-bond acceptors (Lipinski definition) is 3. The number of pyridine rings is 1. The number of nitrogens with zero attached hydrogens (tertiary/aromatic N) is 1. The highest BCUT2D eigenvalue weighted by Gasteiger charge is 2.05. The van der Waals surface area contributed by atoms with Gasteiger partial charge in [0.15, 0.2) is 0 Å². The summed E-state index contributed by atoms with van der Waals surface area (Å²) in [4.78, 5) is 4.03. The molecular weight excluding hydrogens is 223 g/mol. The minimum atomic E-state index is -0.294. The van der Waals surface area contributed by atoms with Gasteiger partial charge in [0.1, 0.15) is 5.82 Å². The lowest BCUT2D eigenvalue weighted by atomic mass is 10.2. The standard InChI is InChI=1S/C12H17FN2S/c1-3-7-16-8-6-14-10(2)12-5-4-11(13)9-15-12/h3-5,9-10,14H,1,6-8H2,2H3. The van der Waals surface area contributed by atoms with Crippen molar-refractivity contribution in [3.05, 3.63) is 42.5 Å². The van der Waals surface area contributed by atoms with Crippen LogP contribution in [0, 0.1) is 5.82 Å². The second-order valence-corrected chi connectivity index (χ2v) is 4.59. The smallest absolute Gasteiger partial charge is 0.141 e. The molecule has 0 aliphatic heterocycles. The van der Waals surface area contributed by atoms with E-state index in [-0.39, 0.29) is 11.9 Å². The van der Waals surface area contributed by atoms with Crippen LogP contribution < -0.4 is 5.32 Å². The Morgan fingerprint density at radius 3 is 3.06 bits per heavy atom. The number of rotatable bonds is 7. The number of halogens is 1. The van der Waals surface area contributed by atoms with Crippen molar-refractivity contribution >= 4 is 11.8 Å². The monoisotopic (exact) mass is 240 g/mol. The molecule has 1 unspecified atom stereocenters. The molecule has 0 bridgehead atoms. The van der Waals surface area contributed by atoms with Crippen LogP contribution in [0.5, 0.6) is 0 Å². The van der Waals surface area contributed by atoms with E-state index in [0.29, 0.717) is 0 Å². The van der Waals surface area contributed by atoms with Crippen molar-refractivity contribution in [2.24, 2.45) is 0 Å². The topological polar surface area (TPSA) is 24.9 Å². The average Bonchev–Trinajstić information content (AvgIpc) is 2.29. The summed E-state index contributed by atoms with van der Waals surface area (Å²) < 4.78 is 12.6. The normalized spacial score (nSPS) is 12.4. The molecule has 0 radical (unpaired) electrons. The van der Waals surface area contributed by atoms with Crippen molar-refractivity contribution in [3.63, 3.8) is 0 Å². The van der Waals surface area contributed by atoms with Gasteiger partial charge in [-0.15, -0.1) is 6.58 Å². The molecule has 1 N–H and O–H groups in total. The number of thioether (sulfide) groups is 1. The maximum atomic E-state index is 12.6. The molecule has 4 heteroatoms. The van der Waals surface area contributed by atoms with E-state index in [2.05, 4.69) is 16.9 Å². The van der Waals surface area contributed by atoms with Crippen molar-refractivity contribution in [2.45, 2.75) is 13.0 Å². The third-order valence-electron chi connectivity index (χ3n) is 2.13. The van der Waals surface area contributed by atoms with E-state index >= 15 is 0 Å². The van der Waals surface area contributed by atoms with E-state index in [0.717, 1.165) is 23.7 Å². The summed E-state index contributed by atoms with van der Waals surface area (Å²) in [5, 5.41) is 3.34. The molecule has 1 aromatic heterocycles. The molecule has 0 aliphatic carbocycles. The zero-order chi connectivity index (χ0) is 11.8. The van der Waals surface area contributed by atoms with E-state index < -0.39 is 0 Å². The molecule has 0 saturated carbocycles. The summed E-state index contributed by atoms with van der Waals surface area (Å²) in [7, 11) is 0. The average molecular weight is 240 g/mol. The molecule has 0 amide bonds. The Bertz CT molecular complexity index is 313. The Kier molecular flexibility index (Phi) is 6.11. The SMILES string of the molecule is C=CCSCCNC(C)c1ccc(F)cn1. The Morgan fingerprint density at radius 2 is 2.44 bits per heavy atom. The van der Waals surface area contributed by atoms with Gasteiger partial charge in [0.05, 0.1) is 11.9 Å². The highest BCUT2D eigenvalue weighted by atomic mass is 32.2. The summed E-state index contributed by atoms with van der Waals surface area (Å²) >= 11 is 1.83. The van der Waals surface area contributed by atoms with Crippen LogP contribution in [0.4, 0.5) is 4.39 Å². The molecular formula is C12H17FN2S. The molecule has 1 rings (SSSR count). The third kappa shape index (κ3) is 4.77. The second kappa shape index (κ2) is 7.41. The third-order valence-corrected chi connectivity index (χ3v) is 3.09. The lowest BCUT2D eigenvalue weighted by Gasteiger charge is -2.12. The minimum absolute atomic E-state index is 0.157. The van der Waals surface area contributed by atoms with Gasteiger partial charge in [0.25, 0.3) is 0 Å². The lowest BCUT2D eigenvalue weighted by Crippen LogP contribution is -2.22. The first kappa shape index (κ1) is 13.2. The van der Waals surface area contributed by atoms with Crippen molar-refractivity contribution < 1.29 is 4.39 Å². The van der Waals surface area contributed by atoms with Crippen molar-refractivity contribution in [2.75, 3.05) is 18.1 Å². The van der Waals surface area contributed by atoms with Gasteiger partial charge in [0, 0.05) is 24.1 Å². The van der Waals surface area contributed by atoms with Crippen LogP contribution in [0.3, 0.4) is 0 Å². The maximum absolute atomic E-state index is 12.6. The molecule has 0 fully saturated rings. The molecule has 0 spiro atoms. The van der Waals surface area contributed by atoms with Gasteiger partial charge < -0.3 is 5.32 Å². The van der Waals surface area contributed by atoms with Gasteiger partial charge in [0.2, 0.25) is 0 Å². The maximum Gasteiger partial charge on any atom is 0.141 e. The zero-order valence-electron chi connectivity index (χ0n) is 9.45. The van der Waals surface area contributed by atoms with Crippen LogP contribution in [0.1, 0.15) is 18.7 Å². The van der Waals surface area contributed by atoms with Crippen molar-refractivity contribution in [3.8, 4) is 0 Å². The Morgan fingerprint density at radius 1 is 1.62 bits per heavy atom. The number of nitrogens with one attached hydrogen (secondary N) is 1. The van der Waals surface area contributed by atoms with Crippen molar-refractivity contribution in [1.82, 2.24) is 10.3 Å². The van der Waals surface area contributed by atoms with Crippen molar-refractivity contribution in [1.29, 1.82) is 0 Å². The first-order valence-corrected chi connectivity index (χ1v) is 6.43. The predicted molar refractivity (Wildman–Crippen MR) is 68.1 cm³/mol. The van der Waals surface area contributed by atoms with Crippen LogP contribution in [0.2, 0.25) is 0 Å². The summed E-state index contributed by atoms with van der Waals surface area (Å²) in [6, 6.07) is 3.31. The van der Waals surface area contributed by atoms with E-state index in [4.69, 9.17) is 0 Å². The van der Waals surface area contributed by atoms with E-state index in [1.54, 1.807) is 6.07 Å². The molecule has 0 aromatic carbocycles. The van der Waals surface area contributed by atoms with Gasteiger partial charge in [-0.3, -0.25) is 4.98 Å². The van der Waals surface area contributed by atoms with E-state index in [9.17, 15) is 4.39 Å². The van der Waals surface area contributed by atoms with Crippen LogP contribution in [0.15, 0.2) is 31.0 Å². The molecule has 1 atom stereocenters. The number of hydrogen-bond donors (Lipinski definition) is 1. The predicted octanol–water partition coefficient (Wildman–Crippen LogP) is 2.79. The molecule has 1 heterocycles. The quantitative estimate of drug-likeness (QED) is 0.586. The fraction of sp³-hybridized carbons (Fsp3) is 0.417. The highest BCUT2D eigenvalue weighted by Crippen LogP contribution is 2.09. The number of aromatic nitrogens is 1. The summed E-state index contributed by atoms with van der Waals surface area (Å²) in [5.41, 5.74) is 0.870. The van der Waals surface area contributed by atoms with Gasteiger partial charge in [-0.2, -0.15) is 11.8 Å². The van der Waals surface area contributed by atoms with Gasteiger partial charge >= 0.3 is 0 Å². The molecule has 2 nitrogen and oxygen atoms in total. The first-order chi connectivity index (χ1) is 7.74. The van der Waals surface area contributed by atoms with Crippen LogP contribution in [0.25, 0.3) is 0 Å². The summed E-state index contributed by atoms with van der Waals surface area (Å²) in [6.07, 6.45) is 3.15. The lowest BCUT2D eigenvalue weighted by molar-refractivity contribution is 0.575. The fourth-order valence-electron chi connectivity index (χ4n) is 1.26. The molecule has 1 aromatic rings. The Balaban J connectivity index is 2.26. The molecule has 88 valence electrons. The summed E-state index contributed by atoms with van der Waals surface area (Å²) in [6.45, 7) is 6.60. The second-order valence-electron chi connectivity index (χ2n) is 3.44. The zero-order valence-corrected chi connectivity index (χ0v) is 10.3. The molecule has 0 aliphatic rings. The Labute approximate surface area is 100 Å². The van der Waals surface area contributed by atoms with Gasteiger partial charge in [-0.1, -0.05) is 6.08 Å². The molecule has 0 saturated heterocycles. The fourth-order valence-corrected chi connectivity index (χ4v) is 1.86. The minimum Gasteiger partial charge on any atom is -0.308 e. The molecule has 16 heavy (non-hydrogen) atoms.